The van der Waals surface area contributed by atoms with E-state index in [4.69, 9.17) is 9.15 Å². The van der Waals surface area contributed by atoms with Gasteiger partial charge in [0.15, 0.2) is 0 Å². The quantitative estimate of drug-likeness (QED) is 0.417. The zero-order valence-electron chi connectivity index (χ0n) is 17.3. The number of rotatable bonds is 8. The second-order valence-electron chi connectivity index (χ2n) is 7.17. The molecule has 0 fully saturated rings. The van der Waals surface area contributed by atoms with Crippen LogP contribution in [0.5, 0.6) is 11.6 Å². The number of halogens is 2. The molecule has 0 aliphatic rings. The third kappa shape index (κ3) is 5.03. The van der Waals surface area contributed by atoms with Gasteiger partial charge in [-0.2, -0.15) is 5.10 Å². The molecule has 0 saturated carbocycles. The van der Waals surface area contributed by atoms with Gasteiger partial charge in [0.2, 0.25) is 11.8 Å². The lowest BCUT2D eigenvalue weighted by atomic mass is 10.1. The topological polar surface area (TPSA) is 69.3 Å². The van der Waals surface area contributed by atoms with Crippen LogP contribution in [0.25, 0.3) is 5.69 Å². The molecule has 0 bridgehead atoms. The van der Waals surface area contributed by atoms with Crippen molar-refractivity contribution in [1.82, 2.24) is 15.1 Å². The Morgan fingerprint density at radius 3 is 2.41 bits per heavy atom. The molecule has 2 aromatic heterocycles. The van der Waals surface area contributed by atoms with Crippen LogP contribution >= 0.6 is 0 Å². The Kier molecular flexibility index (Phi) is 6.30. The number of benzene rings is 2. The fraction of sp³-hybridized carbons (Fsp3) is 0.167. The summed E-state index contributed by atoms with van der Waals surface area (Å²) in [7, 11) is 0. The van der Waals surface area contributed by atoms with Crippen LogP contribution in [0.1, 0.15) is 23.4 Å². The van der Waals surface area contributed by atoms with Crippen molar-refractivity contribution in [2.45, 2.75) is 26.3 Å². The Balaban J connectivity index is 1.57. The smallest absolute Gasteiger partial charge is 0.226 e. The summed E-state index contributed by atoms with van der Waals surface area (Å²) in [4.78, 5) is 12.3. The van der Waals surface area contributed by atoms with Crippen LogP contribution in [0.2, 0.25) is 0 Å². The number of nitrogens with one attached hydrogen (secondary N) is 1. The third-order valence-electron chi connectivity index (χ3n) is 4.88. The normalized spacial score (nSPS) is 10.8. The molecule has 0 aliphatic heterocycles. The maximum absolute atomic E-state index is 13.4. The monoisotopic (exact) mass is 437 g/mol. The van der Waals surface area contributed by atoms with Crippen LogP contribution in [0.15, 0.2) is 71.3 Å². The molecule has 0 atom stereocenters. The number of ether oxygens (including phenoxy) is 1. The van der Waals surface area contributed by atoms with Crippen molar-refractivity contribution in [3.05, 3.63) is 95.6 Å². The summed E-state index contributed by atoms with van der Waals surface area (Å²) in [6.45, 7) is 2.12. The molecule has 0 saturated heterocycles. The Hall–Kier alpha value is -3.94. The Morgan fingerprint density at radius 1 is 1.06 bits per heavy atom. The van der Waals surface area contributed by atoms with Crippen LogP contribution in [-0.2, 0) is 17.8 Å². The van der Waals surface area contributed by atoms with E-state index < -0.39 is 0 Å². The molecule has 32 heavy (non-hydrogen) atoms. The highest BCUT2D eigenvalue weighted by Gasteiger charge is 2.20. The summed E-state index contributed by atoms with van der Waals surface area (Å²) < 4.78 is 39.5. The van der Waals surface area contributed by atoms with Gasteiger partial charge in [-0.15, -0.1) is 0 Å². The number of furan rings is 1. The van der Waals surface area contributed by atoms with Crippen LogP contribution in [0, 0.1) is 18.6 Å². The van der Waals surface area contributed by atoms with Gasteiger partial charge in [0.1, 0.15) is 23.1 Å². The lowest BCUT2D eigenvalue weighted by Gasteiger charge is -2.12. The van der Waals surface area contributed by atoms with Gasteiger partial charge in [-0.1, -0.05) is 0 Å². The molecule has 6 nitrogen and oxygen atoms in total. The number of aryl methyl sites for hydroxylation is 1. The average Bonchev–Trinajstić information content (AvgIpc) is 3.41. The summed E-state index contributed by atoms with van der Waals surface area (Å²) in [5, 5.41) is 7.35. The van der Waals surface area contributed by atoms with Gasteiger partial charge in [-0.25, -0.2) is 13.5 Å². The van der Waals surface area contributed by atoms with Crippen molar-refractivity contribution in [2.75, 3.05) is 0 Å². The molecule has 4 rings (SSSR count). The van der Waals surface area contributed by atoms with Crippen LogP contribution < -0.4 is 10.1 Å². The van der Waals surface area contributed by atoms with E-state index in [1.807, 2.05) is 6.92 Å². The van der Waals surface area contributed by atoms with Crippen molar-refractivity contribution < 1.29 is 22.7 Å². The van der Waals surface area contributed by atoms with Crippen molar-refractivity contribution in [1.29, 1.82) is 0 Å². The minimum absolute atomic E-state index is 0.150. The van der Waals surface area contributed by atoms with Gasteiger partial charge in [0.25, 0.3) is 0 Å². The van der Waals surface area contributed by atoms with E-state index in [9.17, 15) is 13.6 Å². The lowest BCUT2D eigenvalue weighted by molar-refractivity contribution is -0.121. The molecule has 0 spiro atoms. The number of carbonyl (C=O) groups is 1. The predicted octanol–water partition coefficient (Wildman–Crippen LogP) is 5.09. The average molecular weight is 437 g/mol. The molecule has 0 radical (unpaired) electrons. The molecule has 2 heterocycles. The predicted molar refractivity (Wildman–Crippen MR) is 114 cm³/mol. The van der Waals surface area contributed by atoms with Gasteiger partial charge in [0, 0.05) is 12.0 Å². The second kappa shape index (κ2) is 9.47. The largest absolute Gasteiger partial charge is 0.467 e. The maximum atomic E-state index is 13.4. The first-order chi connectivity index (χ1) is 15.5. The summed E-state index contributed by atoms with van der Waals surface area (Å²) in [5.41, 5.74) is 2.00. The first-order valence-electron chi connectivity index (χ1n) is 10.1. The fourth-order valence-electron chi connectivity index (χ4n) is 3.23. The highest BCUT2D eigenvalue weighted by atomic mass is 19.1. The van der Waals surface area contributed by atoms with E-state index in [0.717, 1.165) is 5.56 Å². The molecule has 2 aromatic carbocycles. The molecule has 1 N–H and O–H groups in total. The third-order valence-corrected chi connectivity index (χ3v) is 4.88. The van der Waals surface area contributed by atoms with E-state index in [0.29, 0.717) is 41.7 Å². The highest BCUT2D eigenvalue weighted by molar-refractivity contribution is 5.76. The van der Waals surface area contributed by atoms with Crippen molar-refractivity contribution in [3.63, 3.8) is 0 Å². The van der Waals surface area contributed by atoms with E-state index in [2.05, 4.69) is 10.4 Å². The molecule has 1 amide bonds. The van der Waals surface area contributed by atoms with Gasteiger partial charge in [0.05, 0.1) is 24.2 Å². The maximum Gasteiger partial charge on any atom is 0.226 e. The molecule has 0 aliphatic carbocycles. The van der Waals surface area contributed by atoms with Gasteiger partial charge in [-0.05, 0) is 74.0 Å². The molecule has 0 unspecified atom stereocenters. The van der Waals surface area contributed by atoms with Gasteiger partial charge >= 0.3 is 0 Å². The summed E-state index contributed by atoms with van der Waals surface area (Å²) in [6, 6.07) is 15.0. The van der Waals surface area contributed by atoms with E-state index in [1.165, 1.54) is 36.4 Å². The van der Waals surface area contributed by atoms with Crippen LogP contribution in [0.4, 0.5) is 8.78 Å². The standard InChI is InChI=1S/C24H21F2N3O3/c1-16-22(12-13-23(30)27-15-21-3-2-14-31-21)24(32-20-10-6-18(26)7-11-20)29(28-16)19-8-4-17(25)5-9-19/h2-11,14H,12-13,15H2,1H3,(H,27,30). The number of aromatic nitrogens is 2. The van der Waals surface area contributed by atoms with E-state index in [1.54, 1.807) is 35.2 Å². The molecule has 4 aromatic rings. The SMILES string of the molecule is Cc1nn(-c2ccc(F)cc2)c(Oc2ccc(F)cc2)c1CCC(=O)NCc1ccco1. The molecule has 8 heteroatoms. The zero-order valence-corrected chi connectivity index (χ0v) is 17.3. The first kappa shape index (κ1) is 21.3. The summed E-state index contributed by atoms with van der Waals surface area (Å²) >= 11 is 0. The van der Waals surface area contributed by atoms with Crippen molar-refractivity contribution >= 4 is 5.91 Å². The van der Waals surface area contributed by atoms with E-state index in [-0.39, 0.29) is 24.0 Å². The van der Waals surface area contributed by atoms with Crippen molar-refractivity contribution in [2.24, 2.45) is 0 Å². The lowest BCUT2D eigenvalue weighted by Crippen LogP contribution is -2.22. The number of amides is 1. The minimum atomic E-state index is -0.381. The van der Waals surface area contributed by atoms with Crippen LogP contribution in [-0.4, -0.2) is 15.7 Å². The number of carbonyl (C=O) groups excluding carboxylic acids is 1. The molecular formula is C24H21F2N3O3. The van der Waals surface area contributed by atoms with Crippen LogP contribution in [0.3, 0.4) is 0 Å². The molecule has 164 valence electrons. The summed E-state index contributed by atoms with van der Waals surface area (Å²) in [6.07, 6.45) is 2.12. The Bertz CT molecular complexity index is 1180. The van der Waals surface area contributed by atoms with E-state index >= 15 is 0 Å². The number of nitrogens with zero attached hydrogens (tertiary/aromatic N) is 2. The Morgan fingerprint density at radius 2 is 1.75 bits per heavy atom. The highest BCUT2D eigenvalue weighted by Crippen LogP contribution is 2.31. The van der Waals surface area contributed by atoms with Crippen molar-refractivity contribution in [3.8, 4) is 17.3 Å². The number of hydrogen-bond acceptors (Lipinski definition) is 4. The van der Waals surface area contributed by atoms with Gasteiger partial charge in [-0.3, -0.25) is 4.79 Å². The number of hydrogen-bond donors (Lipinski definition) is 1. The fourth-order valence-corrected chi connectivity index (χ4v) is 3.23. The second-order valence-corrected chi connectivity index (χ2v) is 7.17. The summed E-state index contributed by atoms with van der Waals surface area (Å²) in [5.74, 6) is 0.570. The minimum Gasteiger partial charge on any atom is -0.467 e. The zero-order chi connectivity index (χ0) is 22.5. The molecular weight excluding hydrogens is 416 g/mol. The Labute approximate surface area is 183 Å². The van der Waals surface area contributed by atoms with Gasteiger partial charge < -0.3 is 14.5 Å². The first-order valence-corrected chi connectivity index (χ1v) is 10.1.